The smallest absolute Gasteiger partial charge is 0.0871 e. The van der Waals surface area contributed by atoms with E-state index in [1.165, 1.54) is 77.3 Å². The summed E-state index contributed by atoms with van der Waals surface area (Å²) in [6.07, 6.45) is 13.8. The molecule has 0 aromatic rings. The normalized spacial score (nSPS) is 12.0. The zero-order valence-corrected chi connectivity index (χ0v) is 14.3. The molecule has 0 fully saturated rings. The molecule has 0 aliphatic heterocycles. The Morgan fingerprint density at radius 1 is 0.684 bits per heavy atom. The molecule has 0 heterocycles. The molecule has 0 aliphatic carbocycles. The van der Waals surface area contributed by atoms with Crippen molar-refractivity contribution in [3.63, 3.8) is 0 Å². The van der Waals surface area contributed by atoms with Gasteiger partial charge in [0.25, 0.3) is 0 Å². The highest BCUT2D eigenvalue weighted by atomic mass is 32.1. The third-order valence-electron chi connectivity index (χ3n) is 3.92. The molecule has 0 radical (unpaired) electrons. The Balaban J connectivity index is 3.14. The van der Waals surface area contributed by atoms with E-state index in [1.54, 1.807) is 0 Å². The number of rotatable bonds is 14. The summed E-state index contributed by atoms with van der Waals surface area (Å²) >= 11 is 4.32. The van der Waals surface area contributed by atoms with E-state index in [4.69, 9.17) is 5.73 Å². The Morgan fingerprint density at radius 3 is 1.53 bits per heavy atom. The van der Waals surface area contributed by atoms with Crippen molar-refractivity contribution in [2.45, 2.75) is 64.2 Å². The quantitative estimate of drug-likeness (QED) is 0.283. The van der Waals surface area contributed by atoms with Crippen molar-refractivity contribution in [3.8, 4) is 0 Å². The van der Waals surface area contributed by atoms with Crippen LogP contribution in [0.25, 0.3) is 0 Å². The fourth-order valence-corrected chi connectivity index (χ4v) is 3.02. The molecule has 0 atom stereocenters. The lowest BCUT2D eigenvalue weighted by molar-refractivity contribution is -0.888. The molecule has 0 aliphatic rings. The molecule has 0 saturated heterocycles. The molecule has 0 unspecified atom stereocenters. The predicted octanol–water partition coefficient (Wildman–Crippen LogP) is 3.85. The summed E-state index contributed by atoms with van der Waals surface area (Å²) in [7, 11) is 4.63. The summed E-state index contributed by atoms with van der Waals surface area (Å²) in [6, 6.07) is 0. The molecule has 0 saturated carbocycles. The monoisotopic (exact) mass is 289 g/mol. The van der Waals surface area contributed by atoms with Crippen molar-refractivity contribution in [3.05, 3.63) is 0 Å². The van der Waals surface area contributed by atoms with Gasteiger partial charge in [-0.1, -0.05) is 44.9 Å². The van der Waals surface area contributed by atoms with Gasteiger partial charge in [0.2, 0.25) is 0 Å². The van der Waals surface area contributed by atoms with Crippen molar-refractivity contribution in [1.29, 1.82) is 0 Å². The maximum absolute atomic E-state index is 5.48. The molecule has 3 heteroatoms. The van der Waals surface area contributed by atoms with E-state index in [0.717, 1.165) is 16.8 Å². The Hall–Kier alpha value is 0.270. The second-order valence-corrected chi connectivity index (χ2v) is 6.88. The molecule has 2 nitrogen and oxygen atoms in total. The van der Waals surface area contributed by atoms with E-state index < -0.39 is 0 Å². The minimum Gasteiger partial charge on any atom is -0.330 e. The van der Waals surface area contributed by atoms with Crippen LogP contribution in [0, 0.1) is 0 Å². The Kier molecular flexibility index (Phi) is 13.5. The minimum absolute atomic E-state index is 0.863. The highest BCUT2D eigenvalue weighted by Gasteiger charge is 2.12. The van der Waals surface area contributed by atoms with Crippen molar-refractivity contribution in [1.82, 2.24) is 0 Å². The molecule has 0 spiro atoms. The zero-order valence-electron chi connectivity index (χ0n) is 13.4. The molecule has 2 N–H and O–H groups in total. The third kappa shape index (κ3) is 14.5. The van der Waals surface area contributed by atoms with E-state index in [1.807, 2.05) is 0 Å². The first-order valence-electron chi connectivity index (χ1n) is 8.25. The number of nitrogens with zero attached hydrogens (tertiary/aromatic N) is 1. The van der Waals surface area contributed by atoms with Gasteiger partial charge in [-0.2, -0.15) is 12.6 Å². The van der Waals surface area contributed by atoms with E-state index in [0.29, 0.717) is 0 Å². The van der Waals surface area contributed by atoms with Crippen LogP contribution in [0.15, 0.2) is 0 Å². The van der Waals surface area contributed by atoms with Crippen LogP contribution >= 0.6 is 12.6 Å². The van der Waals surface area contributed by atoms with Gasteiger partial charge in [0, 0.05) is 5.75 Å². The van der Waals surface area contributed by atoms with Crippen LogP contribution in [-0.2, 0) is 0 Å². The van der Waals surface area contributed by atoms with Crippen LogP contribution in [0.3, 0.4) is 0 Å². The van der Waals surface area contributed by atoms with Gasteiger partial charge in [-0.25, -0.2) is 0 Å². The first kappa shape index (κ1) is 19.3. The van der Waals surface area contributed by atoms with Gasteiger partial charge in [-0.15, -0.1) is 0 Å². The summed E-state index contributed by atoms with van der Waals surface area (Å²) in [5.41, 5.74) is 5.48. The lowest BCUT2D eigenvalue weighted by Gasteiger charge is -2.29. The number of quaternary nitrogens is 1. The molecule has 19 heavy (non-hydrogen) atoms. The Morgan fingerprint density at radius 2 is 1.11 bits per heavy atom. The predicted molar refractivity (Wildman–Crippen MR) is 90.9 cm³/mol. The van der Waals surface area contributed by atoms with Crippen LogP contribution in [0.1, 0.15) is 64.2 Å². The number of hydrogen-bond donors (Lipinski definition) is 2. The molecule has 0 bridgehead atoms. The van der Waals surface area contributed by atoms with Crippen LogP contribution in [0.5, 0.6) is 0 Å². The highest BCUT2D eigenvalue weighted by molar-refractivity contribution is 7.80. The summed E-state index contributed by atoms with van der Waals surface area (Å²) in [5.74, 6) is 0.997. The molecule has 0 rings (SSSR count). The maximum Gasteiger partial charge on any atom is 0.0871 e. The van der Waals surface area contributed by atoms with E-state index >= 15 is 0 Å². The molecule has 0 amide bonds. The van der Waals surface area contributed by atoms with Gasteiger partial charge in [-0.3, -0.25) is 0 Å². The summed E-state index contributed by atoms with van der Waals surface area (Å²) in [6.45, 7) is 3.35. The third-order valence-corrected chi connectivity index (χ3v) is 4.12. The van der Waals surface area contributed by atoms with Gasteiger partial charge in [0.05, 0.1) is 27.2 Å². The van der Waals surface area contributed by atoms with Crippen molar-refractivity contribution in [2.75, 3.05) is 39.5 Å². The van der Waals surface area contributed by atoms with E-state index in [2.05, 4.69) is 26.7 Å². The first-order valence-corrected chi connectivity index (χ1v) is 8.88. The number of hydrogen-bond acceptors (Lipinski definition) is 2. The fourth-order valence-electron chi connectivity index (χ4n) is 2.48. The lowest BCUT2D eigenvalue weighted by Crippen LogP contribution is -2.41. The number of thiol groups is 1. The topological polar surface area (TPSA) is 26.0 Å². The molecular formula is C16H37N2S+. The number of nitrogens with two attached hydrogens (primary N) is 1. The highest BCUT2D eigenvalue weighted by Crippen LogP contribution is 2.11. The largest absolute Gasteiger partial charge is 0.330 e. The SMILES string of the molecule is C[N+](C)(CCS)CCCCCCCCCCCCN. The zero-order chi connectivity index (χ0) is 14.4. The van der Waals surface area contributed by atoms with E-state index in [-0.39, 0.29) is 0 Å². The van der Waals surface area contributed by atoms with Crippen LogP contribution in [-0.4, -0.2) is 44.0 Å². The van der Waals surface area contributed by atoms with Crippen molar-refractivity contribution >= 4 is 12.6 Å². The van der Waals surface area contributed by atoms with E-state index in [9.17, 15) is 0 Å². The molecule has 0 aromatic heterocycles. The van der Waals surface area contributed by atoms with Crippen LogP contribution in [0.4, 0.5) is 0 Å². The average Bonchev–Trinajstić information content (AvgIpc) is 2.36. The van der Waals surface area contributed by atoms with Gasteiger partial charge in [-0.05, 0) is 25.8 Å². The number of unbranched alkanes of at least 4 members (excludes halogenated alkanes) is 9. The maximum atomic E-state index is 5.48. The van der Waals surface area contributed by atoms with Crippen molar-refractivity contribution in [2.24, 2.45) is 5.73 Å². The molecule has 116 valence electrons. The van der Waals surface area contributed by atoms with Gasteiger partial charge < -0.3 is 10.2 Å². The summed E-state index contributed by atoms with van der Waals surface area (Å²) in [4.78, 5) is 0. The van der Waals surface area contributed by atoms with Crippen LogP contribution < -0.4 is 5.73 Å². The van der Waals surface area contributed by atoms with Gasteiger partial charge in [0.1, 0.15) is 0 Å². The molecule has 0 aromatic carbocycles. The van der Waals surface area contributed by atoms with Crippen LogP contribution in [0.2, 0.25) is 0 Å². The second kappa shape index (κ2) is 13.3. The first-order chi connectivity index (χ1) is 9.12. The van der Waals surface area contributed by atoms with Gasteiger partial charge >= 0.3 is 0 Å². The standard InChI is InChI=1S/C16H36N2S/c1-18(2,15-16-19)14-12-10-8-6-4-3-5-7-9-11-13-17/h3-17H2,1-2H3/p+1. The molecular weight excluding hydrogens is 252 g/mol. The lowest BCUT2D eigenvalue weighted by atomic mass is 10.1. The minimum atomic E-state index is 0.863. The Bertz CT molecular complexity index is 184. The average molecular weight is 290 g/mol. The van der Waals surface area contributed by atoms with Crippen molar-refractivity contribution < 1.29 is 4.48 Å². The summed E-state index contributed by atoms with van der Waals surface area (Å²) < 4.78 is 1.13. The summed E-state index contributed by atoms with van der Waals surface area (Å²) in [5, 5.41) is 0. The Labute approximate surface area is 127 Å². The van der Waals surface area contributed by atoms with Gasteiger partial charge in [0.15, 0.2) is 0 Å². The second-order valence-electron chi connectivity index (χ2n) is 6.43. The fraction of sp³-hybridized carbons (Fsp3) is 1.00.